The van der Waals surface area contributed by atoms with Gasteiger partial charge in [-0.3, -0.25) is 4.79 Å². The summed E-state index contributed by atoms with van der Waals surface area (Å²) in [6.45, 7) is 0. The van der Waals surface area contributed by atoms with Crippen molar-refractivity contribution < 1.29 is 9.18 Å². The summed E-state index contributed by atoms with van der Waals surface area (Å²) in [5.74, 6) is -0.518. The Balaban J connectivity index is 1.65. The number of nitrogens with one attached hydrogen (secondary N) is 1. The predicted octanol–water partition coefficient (Wildman–Crippen LogP) is 3.19. The number of benzene rings is 2. The van der Waals surface area contributed by atoms with E-state index in [1.807, 2.05) is 0 Å². The van der Waals surface area contributed by atoms with Crippen LogP contribution in [0.1, 0.15) is 0 Å². The molecule has 0 unspecified atom stereocenters. The molecule has 0 radical (unpaired) electrons. The number of anilines is 1. The second-order valence-electron chi connectivity index (χ2n) is 4.70. The summed E-state index contributed by atoms with van der Waals surface area (Å²) < 4.78 is 14.7. The Morgan fingerprint density at radius 3 is 2.88 bits per heavy atom. The van der Waals surface area contributed by atoms with Gasteiger partial charge in [-0.1, -0.05) is 35.5 Å². The molecule has 9 heteroatoms. The number of carbonyl (C=O) groups is 1. The third-order valence-corrected chi connectivity index (χ3v) is 4.09. The van der Waals surface area contributed by atoms with Crippen LogP contribution >= 0.6 is 23.4 Å². The second-order valence-corrected chi connectivity index (χ2v) is 6.08. The van der Waals surface area contributed by atoms with Crippen LogP contribution in [0.15, 0.2) is 53.7 Å². The fourth-order valence-electron chi connectivity index (χ4n) is 1.93. The molecule has 0 aliphatic rings. The molecule has 0 spiro atoms. The maximum Gasteiger partial charge on any atom is 0.234 e. The molecule has 3 aromatic rings. The van der Waals surface area contributed by atoms with Crippen LogP contribution in [0.2, 0.25) is 5.02 Å². The molecular weight excluding hydrogens is 353 g/mol. The SMILES string of the molecule is O=C(CSc1nnnn1-c1cccc(F)c1)Nc1cccc(Cl)c1. The number of nitrogens with zero attached hydrogens (tertiary/aromatic N) is 4. The predicted molar refractivity (Wildman–Crippen MR) is 89.9 cm³/mol. The zero-order chi connectivity index (χ0) is 16.9. The minimum absolute atomic E-state index is 0.0994. The van der Waals surface area contributed by atoms with E-state index < -0.39 is 5.82 Å². The maximum absolute atomic E-state index is 13.3. The zero-order valence-electron chi connectivity index (χ0n) is 12.2. The Kier molecular flexibility index (Phi) is 5.07. The normalized spacial score (nSPS) is 10.6. The lowest BCUT2D eigenvalue weighted by molar-refractivity contribution is -0.113. The van der Waals surface area contributed by atoms with Crippen LogP contribution in [-0.2, 0) is 4.79 Å². The molecule has 0 fully saturated rings. The number of amides is 1. The Hall–Kier alpha value is -2.45. The number of hydrogen-bond acceptors (Lipinski definition) is 5. The van der Waals surface area contributed by atoms with Crippen molar-refractivity contribution in [3.63, 3.8) is 0 Å². The number of halogens is 2. The first-order valence-corrected chi connectivity index (χ1v) is 8.21. The van der Waals surface area contributed by atoms with Crippen molar-refractivity contribution in [2.75, 3.05) is 11.1 Å². The van der Waals surface area contributed by atoms with Gasteiger partial charge in [-0.25, -0.2) is 4.39 Å². The molecule has 0 atom stereocenters. The van der Waals surface area contributed by atoms with E-state index in [0.717, 1.165) is 11.8 Å². The average Bonchev–Trinajstić information content (AvgIpc) is 3.01. The van der Waals surface area contributed by atoms with Crippen LogP contribution in [0.4, 0.5) is 10.1 Å². The third-order valence-electron chi connectivity index (χ3n) is 2.93. The van der Waals surface area contributed by atoms with Gasteiger partial charge in [-0.2, -0.15) is 4.68 Å². The van der Waals surface area contributed by atoms with E-state index in [-0.39, 0.29) is 11.7 Å². The number of hydrogen-bond donors (Lipinski definition) is 1. The first-order chi connectivity index (χ1) is 11.6. The van der Waals surface area contributed by atoms with E-state index in [1.165, 1.54) is 16.8 Å². The van der Waals surface area contributed by atoms with E-state index in [9.17, 15) is 9.18 Å². The Bertz CT molecular complexity index is 872. The molecule has 1 amide bonds. The van der Waals surface area contributed by atoms with Crippen LogP contribution in [0.3, 0.4) is 0 Å². The Labute approximate surface area is 146 Å². The maximum atomic E-state index is 13.3. The first-order valence-electron chi connectivity index (χ1n) is 6.84. The molecule has 0 aliphatic carbocycles. The molecular formula is C15H11ClFN5OS. The zero-order valence-corrected chi connectivity index (χ0v) is 13.8. The van der Waals surface area contributed by atoms with Gasteiger partial charge in [-0.15, -0.1) is 5.10 Å². The number of carbonyl (C=O) groups excluding carboxylic acids is 1. The number of thioether (sulfide) groups is 1. The average molecular weight is 364 g/mol. The van der Waals surface area contributed by atoms with E-state index >= 15 is 0 Å². The highest BCUT2D eigenvalue weighted by Crippen LogP contribution is 2.20. The van der Waals surface area contributed by atoms with Gasteiger partial charge < -0.3 is 5.32 Å². The summed E-state index contributed by atoms with van der Waals surface area (Å²) in [7, 11) is 0. The summed E-state index contributed by atoms with van der Waals surface area (Å²) in [6.07, 6.45) is 0. The summed E-state index contributed by atoms with van der Waals surface area (Å²) in [4.78, 5) is 12.0. The van der Waals surface area contributed by atoms with Gasteiger partial charge >= 0.3 is 0 Å². The van der Waals surface area contributed by atoms with E-state index in [4.69, 9.17) is 11.6 Å². The van der Waals surface area contributed by atoms with E-state index in [2.05, 4.69) is 20.8 Å². The largest absolute Gasteiger partial charge is 0.325 e. The molecule has 0 saturated carbocycles. The minimum atomic E-state index is -0.391. The van der Waals surface area contributed by atoms with Crippen LogP contribution in [0, 0.1) is 5.82 Å². The second kappa shape index (κ2) is 7.41. The monoisotopic (exact) mass is 363 g/mol. The highest BCUT2D eigenvalue weighted by atomic mass is 35.5. The van der Waals surface area contributed by atoms with Crippen molar-refractivity contribution in [1.29, 1.82) is 0 Å². The molecule has 122 valence electrons. The first kappa shape index (κ1) is 16.4. The third kappa shape index (κ3) is 4.09. The highest BCUT2D eigenvalue weighted by molar-refractivity contribution is 7.99. The summed E-state index contributed by atoms with van der Waals surface area (Å²) in [6, 6.07) is 12.7. The molecule has 3 rings (SSSR count). The van der Waals surface area contributed by atoms with Gasteiger partial charge in [0.15, 0.2) is 0 Å². The lowest BCUT2D eigenvalue weighted by Crippen LogP contribution is -2.14. The smallest absolute Gasteiger partial charge is 0.234 e. The molecule has 1 N–H and O–H groups in total. The topological polar surface area (TPSA) is 72.7 Å². The quantitative estimate of drug-likeness (QED) is 0.705. The van der Waals surface area contributed by atoms with Crippen molar-refractivity contribution in [1.82, 2.24) is 20.2 Å². The van der Waals surface area contributed by atoms with Gasteiger partial charge in [0.1, 0.15) is 5.82 Å². The molecule has 6 nitrogen and oxygen atoms in total. The summed E-state index contributed by atoms with van der Waals surface area (Å²) in [5.41, 5.74) is 1.09. The Morgan fingerprint density at radius 2 is 2.08 bits per heavy atom. The lowest BCUT2D eigenvalue weighted by atomic mass is 10.3. The van der Waals surface area contributed by atoms with Crippen molar-refractivity contribution in [2.45, 2.75) is 5.16 Å². The van der Waals surface area contributed by atoms with Crippen molar-refractivity contribution in [3.05, 3.63) is 59.4 Å². The highest BCUT2D eigenvalue weighted by Gasteiger charge is 2.12. The molecule has 0 bridgehead atoms. The lowest BCUT2D eigenvalue weighted by Gasteiger charge is -2.06. The van der Waals surface area contributed by atoms with Crippen LogP contribution in [0.25, 0.3) is 5.69 Å². The van der Waals surface area contributed by atoms with Crippen LogP contribution in [-0.4, -0.2) is 31.9 Å². The van der Waals surface area contributed by atoms with Crippen LogP contribution in [0.5, 0.6) is 0 Å². The van der Waals surface area contributed by atoms with E-state index in [0.29, 0.717) is 21.6 Å². The molecule has 2 aromatic carbocycles. The minimum Gasteiger partial charge on any atom is -0.325 e. The number of rotatable bonds is 5. The fourth-order valence-corrected chi connectivity index (χ4v) is 2.81. The van der Waals surface area contributed by atoms with Gasteiger partial charge in [0.05, 0.1) is 11.4 Å². The van der Waals surface area contributed by atoms with Gasteiger partial charge in [0.2, 0.25) is 11.1 Å². The summed E-state index contributed by atoms with van der Waals surface area (Å²) >= 11 is 7.02. The molecule has 1 heterocycles. The van der Waals surface area contributed by atoms with Crippen LogP contribution < -0.4 is 5.32 Å². The number of aromatic nitrogens is 4. The van der Waals surface area contributed by atoms with Crippen molar-refractivity contribution in [3.8, 4) is 5.69 Å². The fraction of sp³-hybridized carbons (Fsp3) is 0.0667. The van der Waals surface area contributed by atoms with Gasteiger partial charge in [-0.05, 0) is 46.8 Å². The molecule has 24 heavy (non-hydrogen) atoms. The molecule has 1 aromatic heterocycles. The van der Waals surface area contributed by atoms with Gasteiger partial charge in [0.25, 0.3) is 0 Å². The molecule has 0 saturated heterocycles. The Morgan fingerprint density at radius 1 is 1.25 bits per heavy atom. The van der Waals surface area contributed by atoms with Crippen molar-refractivity contribution >= 4 is 35.0 Å². The number of tetrazole rings is 1. The standard InChI is InChI=1S/C15H11ClFN5OS/c16-10-3-1-5-12(7-10)18-14(23)9-24-15-19-20-21-22(15)13-6-2-4-11(17)8-13/h1-8H,9H2,(H,18,23). The molecule has 0 aliphatic heterocycles. The summed E-state index contributed by atoms with van der Waals surface area (Å²) in [5, 5.41) is 14.9. The van der Waals surface area contributed by atoms with Crippen molar-refractivity contribution in [2.24, 2.45) is 0 Å². The van der Waals surface area contributed by atoms with Gasteiger partial charge in [0, 0.05) is 10.7 Å². The van der Waals surface area contributed by atoms with E-state index in [1.54, 1.807) is 36.4 Å².